The molecule has 0 amide bonds. The first kappa shape index (κ1) is 21.6. The Hall–Kier alpha value is -3.44. The first-order valence-corrected chi connectivity index (χ1v) is 6.27. The fourth-order valence-electron chi connectivity index (χ4n) is 0.867. The number of rotatable bonds is 8. The summed E-state index contributed by atoms with van der Waals surface area (Å²) in [5.41, 5.74) is 0. The van der Waals surface area contributed by atoms with E-state index >= 15 is 0 Å². The molecule has 136 valence electrons. The number of carbonyl (C=O) groups is 8. The molecule has 0 N–H and O–H groups in total. The molecule has 0 rings (SSSR count). The van der Waals surface area contributed by atoms with Gasteiger partial charge in [0.05, 0.1) is 0 Å². The smallest absolute Gasteiger partial charge is 0.346 e. The Bertz CT molecular complexity index is 553. The minimum Gasteiger partial charge on any atom is -0.346 e. The molecule has 0 fully saturated rings. The molecule has 0 saturated carbocycles. The highest BCUT2D eigenvalue weighted by molar-refractivity contribution is 6.35. The van der Waals surface area contributed by atoms with Crippen LogP contribution in [0.25, 0.3) is 0 Å². The van der Waals surface area contributed by atoms with Gasteiger partial charge < -0.3 is 18.9 Å². The van der Waals surface area contributed by atoms with Gasteiger partial charge in [-0.05, 0) is 0 Å². The molecule has 0 aromatic heterocycles. The Morgan fingerprint density at radius 1 is 0.440 bits per heavy atom. The van der Waals surface area contributed by atoms with Crippen LogP contribution in [0.5, 0.6) is 0 Å². The van der Waals surface area contributed by atoms with Crippen LogP contribution in [0.4, 0.5) is 0 Å². The fraction of sp³-hybridized carbons (Fsp3) is 0.385. The third-order valence-corrected chi connectivity index (χ3v) is 2.02. The monoisotopic (exact) mass is 360 g/mol. The Morgan fingerprint density at radius 3 is 0.720 bits per heavy atom. The average molecular weight is 360 g/mol. The first-order valence-electron chi connectivity index (χ1n) is 6.27. The van der Waals surface area contributed by atoms with Crippen molar-refractivity contribution < 1.29 is 57.3 Å². The maximum absolute atomic E-state index is 11.4. The van der Waals surface area contributed by atoms with Crippen molar-refractivity contribution in [2.45, 2.75) is 33.9 Å². The van der Waals surface area contributed by atoms with Crippen LogP contribution in [-0.2, 0) is 57.3 Å². The zero-order chi connectivity index (χ0) is 19.9. The van der Waals surface area contributed by atoms with Crippen molar-refractivity contribution in [3.8, 4) is 0 Å². The number of Topliss-reactive ketones (excluding diaryl/α,β-unsaturated/α-hetero) is 4. The van der Waals surface area contributed by atoms with E-state index in [1.54, 1.807) is 0 Å². The molecule has 0 aromatic rings. The van der Waals surface area contributed by atoms with E-state index in [-0.39, 0.29) is 0 Å². The summed E-state index contributed by atoms with van der Waals surface area (Å²) in [6, 6.07) is 0. The van der Waals surface area contributed by atoms with Crippen LogP contribution in [-0.4, -0.2) is 53.2 Å². The molecule has 0 aliphatic carbocycles. The Labute approximate surface area is 139 Å². The van der Waals surface area contributed by atoms with Gasteiger partial charge in [-0.1, -0.05) is 0 Å². The van der Waals surface area contributed by atoms with Crippen LogP contribution >= 0.6 is 0 Å². The van der Waals surface area contributed by atoms with Crippen LogP contribution < -0.4 is 0 Å². The van der Waals surface area contributed by atoms with Crippen molar-refractivity contribution in [1.82, 2.24) is 0 Å². The van der Waals surface area contributed by atoms with Gasteiger partial charge in [-0.3, -0.25) is 19.2 Å². The number of esters is 4. The Balaban J connectivity index is 6.05. The van der Waals surface area contributed by atoms with Crippen LogP contribution in [0.2, 0.25) is 0 Å². The van der Waals surface area contributed by atoms with Gasteiger partial charge in [-0.25, -0.2) is 19.2 Å². The van der Waals surface area contributed by atoms with Gasteiger partial charge >= 0.3 is 30.0 Å². The van der Waals surface area contributed by atoms with E-state index in [0.29, 0.717) is 27.7 Å². The summed E-state index contributed by atoms with van der Waals surface area (Å²) >= 11 is 0. The number of hydrogen-bond acceptors (Lipinski definition) is 12. The lowest BCUT2D eigenvalue weighted by atomic mass is 10.4. The molecule has 0 aliphatic rings. The van der Waals surface area contributed by atoms with Gasteiger partial charge in [-0.2, -0.15) is 0 Å². The largest absolute Gasteiger partial charge is 0.621 e. The second kappa shape index (κ2) is 8.42. The zero-order valence-corrected chi connectivity index (χ0v) is 13.4. The highest BCUT2D eigenvalue weighted by atomic mass is 17.0. The lowest BCUT2D eigenvalue weighted by Crippen LogP contribution is -2.51. The lowest BCUT2D eigenvalue weighted by molar-refractivity contribution is -0.427. The molecule has 12 nitrogen and oxygen atoms in total. The molecule has 0 unspecified atom stereocenters. The minimum atomic E-state index is -3.77. The second-order valence-electron chi connectivity index (χ2n) is 4.28. The van der Waals surface area contributed by atoms with Crippen molar-refractivity contribution in [2.75, 3.05) is 0 Å². The summed E-state index contributed by atoms with van der Waals surface area (Å²) in [7, 11) is 0. The van der Waals surface area contributed by atoms with E-state index in [2.05, 4.69) is 18.9 Å². The Kier molecular flexibility index (Phi) is 7.26. The normalized spacial score (nSPS) is 10.1. The van der Waals surface area contributed by atoms with E-state index < -0.39 is 53.2 Å². The van der Waals surface area contributed by atoms with Crippen molar-refractivity contribution in [3.05, 3.63) is 0 Å². The van der Waals surface area contributed by atoms with Gasteiger partial charge in [0.2, 0.25) is 23.1 Å². The van der Waals surface area contributed by atoms with Gasteiger partial charge in [-0.15, -0.1) is 0 Å². The van der Waals surface area contributed by atoms with Crippen molar-refractivity contribution in [2.24, 2.45) is 0 Å². The summed E-state index contributed by atoms with van der Waals surface area (Å²) < 4.78 is 16.8. The summed E-state index contributed by atoms with van der Waals surface area (Å²) in [5.74, 6) is -12.7. The summed E-state index contributed by atoms with van der Waals surface area (Å²) in [6.45, 7) is 2.72. The van der Waals surface area contributed by atoms with Gasteiger partial charge in [0.15, 0.2) is 0 Å². The standard InChI is InChI=1S/C13H12O12/c1-5(14)9(18)22-13(23-10(19)6(2)15,24-11(20)7(3)16)25-12(21)8(4)17/h1-4H3. The number of carbonyl (C=O) groups excluding carboxylic acids is 8. The molecule has 0 aliphatic heterocycles. The van der Waals surface area contributed by atoms with Crippen LogP contribution in [0.3, 0.4) is 0 Å². The van der Waals surface area contributed by atoms with E-state index in [9.17, 15) is 38.4 Å². The third kappa shape index (κ3) is 6.68. The summed E-state index contributed by atoms with van der Waals surface area (Å²) in [5, 5.41) is 0. The number of ketones is 4. The molecule has 12 heteroatoms. The maximum Gasteiger partial charge on any atom is 0.621 e. The molecular weight excluding hydrogens is 348 g/mol. The number of hydrogen-bond donors (Lipinski definition) is 0. The molecule has 0 saturated heterocycles. The SMILES string of the molecule is CC(=O)C(=O)OC(OC(=O)C(C)=O)(OC(=O)C(C)=O)OC(=O)C(C)=O. The minimum absolute atomic E-state index is 0.680. The van der Waals surface area contributed by atoms with Crippen LogP contribution in [0.15, 0.2) is 0 Å². The predicted octanol–water partition coefficient (Wildman–Crippen LogP) is -1.87. The molecule has 0 spiro atoms. The van der Waals surface area contributed by atoms with E-state index in [0.717, 1.165) is 0 Å². The predicted molar refractivity (Wildman–Crippen MR) is 69.8 cm³/mol. The highest BCUT2D eigenvalue weighted by Gasteiger charge is 2.52. The van der Waals surface area contributed by atoms with Gasteiger partial charge in [0.1, 0.15) is 0 Å². The first-order chi connectivity index (χ1) is 11.3. The quantitative estimate of drug-likeness (QED) is 0.268. The van der Waals surface area contributed by atoms with Crippen LogP contribution in [0, 0.1) is 0 Å². The lowest BCUT2D eigenvalue weighted by Gasteiger charge is -2.27. The van der Waals surface area contributed by atoms with E-state index in [1.807, 2.05) is 0 Å². The van der Waals surface area contributed by atoms with E-state index in [1.165, 1.54) is 0 Å². The molecule has 25 heavy (non-hydrogen) atoms. The average Bonchev–Trinajstić information content (AvgIpc) is 2.46. The Morgan fingerprint density at radius 2 is 0.600 bits per heavy atom. The van der Waals surface area contributed by atoms with Crippen molar-refractivity contribution in [1.29, 1.82) is 0 Å². The van der Waals surface area contributed by atoms with Gasteiger partial charge in [0.25, 0.3) is 0 Å². The molecule has 0 bridgehead atoms. The van der Waals surface area contributed by atoms with E-state index in [4.69, 9.17) is 0 Å². The molecular formula is C13H12O12. The van der Waals surface area contributed by atoms with Crippen molar-refractivity contribution >= 4 is 47.0 Å². The molecule has 0 heterocycles. The molecule has 0 atom stereocenters. The second-order valence-corrected chi connectivity index (χ2v) is 4.28. The highest BCUT2D eigenvalue weighted by Crippen LogP contribution is 2.20. The summed E-state index contributed by atoms with van der Waals surface area (Å²) in [4.78, 5) is 89.6. The fourth-order valence-corrected chi connectivity index (χ4v) is 0.867. The molecule has 0 aromatic carbocycles. The molecule has 0 radical (unpaired) electrons. The zero-order valence-electron chi connectivity index (χ0n) is 13.4. The third-order valence-electron chi connectivity index (χ3n) is 2.02. The van der Waals surface area contributed by atoms with Gasteiger partial charge in [0, 0.05) is 27.7 Å². The summed E-state index contributed by atoms with van der Waals surface area (Å²) in [6.07, 6.45) is -3.77. The maximum atomic E-state index is 11.4. The topological polar surface area (TPSA) is 173 Å². The number of ether oxygens (including phenoxy) is 4. The van der Waals surface area contributed by atoms with Crippen molar-refractivity contribution in [3.63, 3.8) is 0 Å². The van der Waals surface area contributed by atoms with Crippen LogP contribution in [0.1, 0.15) is 27.7 Å².